The monoisotopic (exact) mass is 266 g/mol. The van der Waals surface area contributed by atoms with Crippen molar-refractivity contribution in [3.63, 3.8) is 0 Å². The molecule has 1 aromatic carbocycles. The molecule has 108 valence electrons. The van der Waals surface area contributed by atoms with Crippen LogP contribution in [0.2, 0.25) is 0 Å². The van der Waals surface area contributed by atoms with Crippen LogP contribution in [-0.2, 0) is 0 Å². The summed E-state index contributed by atoms with van der Waals surface area (Å²) in [5.74, 6) is 1.64. The molecule has 0 aromatic heterocycles. The number of nitrogens with two attached hydrogens (primary N) is 1. The van der Waals surface area contributed by atoms with Crippen LogP contribution in [0.15, 0.2) is 18.2 Å². The Balaban J connectivity index is 2.76. The lowest BCUT2D eigenvalue weighted by Gasteiger charge is -2.22. The summed E-state index contributed by atoms with van der Waals surface area (Å²) in [7, 11) is 3.33. The van der Waals surface area contributed by atoms with Gasteiger partial charge in [-0.1, -0.05) is 13.8 Å². The molecule has 0 bridgehead atoms. The summed E-state index contributed by atoms with van der Waals surface area (Å²) < 4.78 is 10.6. The van der Waals surface area contributed by atoms with Gasteiger partial charge in [-0.2, -0.15) is 0 Å². The molecule has 4 nitrogen and oxygen atoms in total. The van der Waals surface area contributed by atoms with Crippen molar-refractivity contribution in [2.45, 2.75) is 26.3 Å². The highest BCUT2D eigenvalue weighted by molar-refractivity contribution is 5.42. The Labute approximate surface area is 116 Å². The minimum Gasteiger partial charge on any atom is -0.497 e. The van der Waals surface area contributed by atoms with Crippen molar-refractivity contribution in [1.82, 2.24) is 4.90 Å². The highest BCUT2D eigenvalue weighted by Crippen LogP contribution is 2.29. The fourth-order valence-electron chi connectivity index (χ4n) is 2.15. The Bertz CT molecular complexity index is 378. The summed E-state index contributed by atoms with van der Waals surface area (Å²) >= 11 is 0. The minimum atomic E-state index is -0.0364. The van der Waals surface area contributed by atoms with Gasteiger partial charge in [-0.05, 0) is 44.3 Å². The van der Waals surface area contributed by atoms with Crippen LogP contribution in [0.5, 0.6) is 11.5 Å². The SMILES string of the molecule is CCN(CC)CCC(N)c1cc(OC)ccc1OC. The number of methoxy groups -OCH3 is 2. The molecular formula is C15H26N2O2. The summed E-state index contributed by atoms with van der Waals surface area (Å²) in [5.41, 5.74) is 7.30. The first kappa shape index (κ1) is 15.8. The third kappa shape index (κ3) is 4.40. The molecule has 0 heterocycles. The smallest absolute Gasteiger partial charge is 0.123 e. The van der Waals surface area contributed by atoms with Gasteiger partial charge in [0, 0.05) is 11.6 Å². The molecule has 0 fully saturated rings. The predicted molar refractivity (Wildman–Crippen MR) is 78.9 cm³/mol. The lowest BCUT2D eigenvalue weighted by molar-refractivity contribution is 0.289. The van der Waals surface area contributed by atoms with Crippen molar-refractivity contribution in [2.24, 2.45) is 5.73 Å². The Hall–Kier alpha value is -1.26. The van der Waals surface area contributed by atoms with Gasteiger partial charge in [0.2, 0.25) is 0 Å². The van der Waals surface area contributed by atoms with E-state index in [1.165, 1.54) is 0 Å². The quantitative estimate of drug-likeness (QED) is 0.785. The minimum absolute atomic E-state index is 0.0364. The van der Waals surface area contributed by atoms with E-state index < -0.39 is 0 Å². The summed E-state index contributed by atoms with van der Waals surface area (Å²) in [4.78, 5) is 2.37. The van der Waals surface area contributed by atoms with E-state index in [-0.39, 0.29) is 6.04 Å². The number of nitrogens with zero attached hydrogens (tertiary/aromatic N) is 1. The zero-order valence-electron chi connectivity index (χ0n) is 12.5. The van der Waals surface area contributed by atoms with Gasteiger partial charge in [-0.15, -0.1) is 0 Å². The predicted octanol–water partition coefficient (Wildman–Crippen LogP) is 2.44. The molecule has 0 saturated carbocycles. The Morgan fingerprint density at radius 2 is 1.84 bits per heavy atom. The topological polar surface area (TPSA) is 47.7 Å². The molecule has 1 aromatic rings. The number of hydrogen-bond acceptors (Lipinski definition) is 4. The maximum atomic E-state index is 6.29. The second-order valence-electron chi connectivity index (χ2n) is 4.53. The highest BCUT2D eigenvalue weighted by Gasteiger charge is 2.14. The Morgan fingerprint density at radius 1 is 1.16 bits per heavy atom. The lowest BCUT2D eigenvalue weighted by Crippen LogP contribution is -2.27. The molecule has 0 aliphatic heterocycles. The molecule has 1 unspecified atom stereocenters. The van der Waals surface area contributed by atoms with Gasteiger partial charge in [-0.3, -0.25) is 0 Å². The average Bonchev–Trinajstić information content (AvgIpc) is 2.47. The third-order valence-corrected chi connectivity index (χ3v) is 3.49. The molecule has 0 radical (unpaired) electrons. The van der Waals surface area contributed by atoms with Crippen LogP contribution in [0, 0.1) is 0 Å². The van der Waals surface area contributed by atoms with Crippen LogP contribution in [0.4, 0.5) is 0 Å². The summed E-state index contributed by atoms with van der Waals surface area (Å²) in [5, 5.41) is 0. The summed E-state index contributed by atoms with van der Waals surface area (Å²) in [6.07, 6.45) is 0.908. The molecule has 0 amide bonds. The normalized spacial score (nSPS) is 12.5. The van der Waals surface area contributed by atoms with Crippen LogP contribution in [0.25, 0.3) is 0 Å². The number of hydrogen-bond donors (Lipinski definition) is 1. The summed E-state index contributed by atoms with van der Waals surface area (Å²) in [6, 6.07) is 5.72. The fraction of sp³-hybridized carbons (Fsp3) is 0.600. The fourth-order valence-corrected chi connectivity index (χ4v) is 2.15. The number of ether oxygens (including phenoxy) is 2. The number of rotatable bonds is 8. The van der Waals surface area contributed by atoms with Crippen molar-refractivity contribution in [2.75, 3.05) is 33.9 Å². The van der Waals surface area contributed by atoms with Gasteiger partial charge in [0.15, 0.2) is 0 Å². The molecule has 2 N–H and O–H groups in total. The maximum absolute atomic E-state index is 6.29. The van der Waals surface area contributed by atoms with Crippen molar-refractivity contribution < 1.29 is 9.47 Å². The molecule has 1 atom stereocenters. The molecule has 1 rings (SSSR count). The second-order valence-corrected chi connectivity index (χ2v) is 4.53. The van der Waals surface area contributed by atoms with Crippen LogP contribution in [-0.4, -0.2) is 38.8 Å². The molecule has 0 spiro atoms. The second kappa shape index (κ2) is 8.02. The van der Waals surface area contributed by atoms with Gasteiger partial charge in [0.05, 0.1) is 14.2 Å². The zero-order valence-corrected chi connectivity index (χ0v) is 12.5. The highest BCUT2D eigenvalue weighted by atomic mass is 16.5. The maximum Gasteiger partial charge on any atom is 0.123 e. The van der Waals surface area contributed by atoms with E-state index in [2.05, 4.69) is 18.7 Å². The van der Waals surface area contributed by atoms with E-state index in [1.54, 1.807) is 14.2 Å². The Kier molecular flexibility index (Phi) is 6.67. The van der Waals surface area contributed by atoms with Gasteiger partial charge in [-0.25, -0.2) is 0 Å². The van der Waals surface area contributed by atoms with Crippen molar-refractivity contribution in [1.29, 1.82) is 0 Å². The van der Waals surface area contributed by atoms with E-state index in [9.17, 15) is 0 Å². The van der Waals surface area contributed by atoms with Crippen molar-refractivity contribution in [3.8, 4) is 11.5 Å². The van der Waals surface area contributed by atoms with E-state index in [1.807, 2.05) is 18.2 Å². The van der Waals surface area contributed by atoms with Gasteiger partial charge < -0.3 is 20.1 Å². The molecule has 4 heteroatoms. The van der Waals surface area contributed by atoms with Crippen LogP contribution in [0.1, 0.15) is 31.9 Å². The zero-order chi connectivity index (χ0) is 14.3. The van der Waals surface area contributed by atoms with Crippen LogP contribution in [0.3, 0.4) is 0 Å². The molecule has 0 aliphatic carbocycles. The largest absolute Gasteiger partial charge is 0.497 e. The van der Waals surface area contributed by atoms with E-state index in [4.69, 9.17) is 15.2 Å². The summed E-state index contributed by atoms with van der Waals surface area (Å²) in [6.45, 7) is 7.44. The van der Waals surface area contributed by atoms with E-state index in [0.29, 0.717) is 0 Å². The first-order valence-electron chi connectivity index (χ1n) is 6.86. The van der Waals surface area contributed by atoms with Gasteiger partial charge in [0.1, 0.15) is 11.5 Å². The standard InChI is InChI=1S/C15H26N2O2/c1-5-17(6-2)10-9-14(16)13-11-12(18-3)7-8-15(13)19-4/h7-8,11,14H,5-6,9-10,16H2,1-4H3. The Morgan fingerprint density at radius 3 is 2.37 bits per heavy atom. The molecule has 19 heavy (non-hydrogen) atoms. The van der Waals surface area contributed by atoms with Crippen molar-refractivity contribution in [3.05, 3.63) is 23.8 Å². The van der Waals surface area contributed by atoms with Crippen LogP contribution >= 0.6 is 0 Å². The molecular weight excluding hydrogens is 240 g/mol. The van der Waals surface area contributed by atoms with Crippen LogP contribution < -0.4 is 15.2 Å². The number of benzene rings is 1. The average molecular weight is 266 g/mol. The van der Waals surface area contributed by atoms with Gasteiger partial charge >= 0.3 is 0 Å². The lowest BCUT2D eigenvalue weighted by atomic mass is 10.0. The van der Waals surface area contributed by atoms with Crippen molar-refractivity contribution >= 4 is 0 Å². The first-order valence-corrected chi connectivity index (χ1v) is 6.86. The first-order chi connectivity index (χ1) is 9.15. The third-order valence-electron chi connectivity index (χ3n) is 3.49. The van der Waals surface area contributed by atoms with E-state index >= 15 is 0 Å². The molecule has 0 saturated heterocycles. The van der Waals surface area contributed by atoms with Gasteiger partial charge in [0.25, 0.3) is 0 Å². The molecule has 0 aliphatic rings. The van der Waals surface area contributed by atoms with E-state index in [0.717, 1.165) is 43.1 Å².